The van der Waals surface area contributed by atoms with Crippen LogP contribution in [-0.4, -0.2) is 49.0 Å². The zero-order valence-corrected chi connectivity index (χ0v) is 13.6. The molecular weight excluding hydrogens is 305 g/mol. The molecule has 3 rings (SSSR count). The molecule has 0 bridgehead atoms. The summed E-state index contributed by atoms with van der Waals surface area (Å²) in [5.41, 5.74) is 2.03. The Labute approximate surface area is 141 Å². The second-order valence-electron chi connectivity index (χ2n) is 5.91. The molecule has 2 aromatic rings. The van der Waals surface area contributed by atoms with E-state index in [-0.39, 0.29) is 23.6 Å². The average molecular weight is 325 g/mol. The summed E-state index contributed by atoms with van der Waals surface area (Å²) in [5.74, 6) is -0.534. The molecule has 1 aliphatic rings. The van der Waals surface area contributed by atoms with Crippen molar-refractivity contribution in [2.45, 2.75) is 18.9 Å². The van der Waals surface area contributed by atoms with E-state index in [2.05, 4.69) is 26.1 Å². The SMILES string of the molecule is Bc1ccccc1C(=O)Nc1c[nH]nc1C(=O)NC1CCNCC1. The molecule has 24 heavy (non-hydrogen) atoms. The summed E-state index contributed by atoms with van der Waals surface area (Å²) in [4.78, 5) is 24.8. The van der Waals surface area contributed by atoms with Crippen LogP contribution in [0.5, 0.6) is 0 Å². The van der Waals surface area contributed by atoms with Crippen molar-refractivity contribution in [1.29, 1.82) is 0 Å². The lowest BCUT2D eigenvalue weighted by Crippen LogP contribution is -2.43. The summed E-state index contributed by atoms with van der Waals surface area (Å²) in [7, 11) is 1.87. The van der Waals surface area contributed by atoms with Crippen LogP contribution in [0, 0.1) is 0 Å². The van der Waals surface area contributed by atoms with E-state index in [0.717, 1.165) is 31.4 Å². The molecule has 0 unspecified atom stereocenters. The van der Waals surface area contributed by atoms with Gasteiger partial charge in [-0.15, -0.1) is 0 Å². The fourth-order valence-electron chi connectivity index (χ4n) is 2.80. The van der Waals surface area contributed by atoms with Crippen molar-refractivity contribution in [3.05, 3.63) is 41.7 Å². The van der Waals surface area contributed by atoms with E-state index in [1.165, 1.54) is 6.20 Å². The molecule has 0 saturated carbocycles. The first-order chi connectivity index (χ1) is 11.6. The molecule has 2 heterocycles. The third-order valence-electron chi connectivity index (χ3n) is 4.17. The third kappa shape index (κ3) is 3.65. The van der Waals surface area contributed by atoms with Gasteiger partial charge in [-0.3, -0.25) is 14.7 Å². The number of nitrogens with one attached hydrogen (secondary N) is 4. The Morgan fingerprint density at radius 3 is 2.67 bits per heavy atom. The summed E-state index contributed by atoms with van der Waals surface area (Å²) in [5, 5.41) is 15.6. The highest BCUT2D eigenvalue weighted by atomic mass is 16.2. The Balaban J connectivity index is 1.69. The molecule has 0 radical (unpaired) electrons. The zero-order valence-electron chi connectivity index (χ0n) is 13.6. The Morgan fingerprint density at radius 1 is 1.17 bits per heavy atom. The highest BCUT2D eigenvalue weighted by molar-refractivity contribution is 6.37. The summed E-state index contributed by atoms with van der Waals surface area (Å²) in [6.45, 7) is 1.78. The number of carbonyl (C=O) groups excluding carboxylic acids is 2. The van der Waals surface area contributed by atoms with E-state index in [4.69, 9.17) is 0 Å². The fraction of sp³-hybridized carbons (Fsp3) is 0.312. The number of hydrogen-bond donors (Lipinski definition) is 4. The first-order valence-corrected chi connectivity index (χ1v) is 8.07. The standard InChI is InChI=1S/C16H20BN5O2/c17-12-4-2-1-3-11(12)15(23)21-13-9-19-22-14(13)16(24)20-10-5-7-18-8-6-10/h1-4,9-10,18H,5-8,17H2,(H,19,22)(H,20,24)(H,21,23). The maximum atomic E-state index is 12.4. The number of H-pyrrole nitrogens is 1. The molecular formula is C16H20BN5O2. The van der Waals surface area contributed by atoms with Gasteiger partial charge in [-0.25, -0.2) is 0 Å². The molecule has 2 amide bonds. The van der Waals surface area contributed by atoms with Crippen LogP contribution in [0.2, 0.25) is 0 Å². The van der Waals surface area contributed by atoms with E-state index in [9.17, 15) is 9.59 Å². The number of hydrogen-bond acceptors (Lipinski definition) is 4. The predicted octanol–water partition coefficient (Wildman–Crippen LogP) is -0.598. The van der Waals surface area contributed by atoms with Gasteiger partial charge in [0, 0.05) is 17.8 Å². The predicted molar refractivity (Wildman–Crippen MR) is 94.5 cm³/mol. The maximum absolute atomic E-state index is 12.4. The number of piperidine rings is 1. The van der Waals surface area contributed by atoms with Gasteiger partial charge in [0.1, 0.15) is 7.85 Å². The molecule has 124 valence electrons. The van der Waals surface area contributed by atoms with Crippen molar-refractivity contribution in [2.24, 2.45) is 0 Å². The van der Waals surface area contributed by atoms with Gasteiger partial charge in [0.15, 0.2) is 5.69 Å². The van der Waals surface area contributed by atoms with Crippen LogP contribution in [0.25, 0.3) is 0 Å². The van der Waals surface area contributed by atoms with Gasteiger partial charge in [0.2, 0.25) is 0 Å². The lowest BCUT2D eigenvalue weighted by molar-refractivity contribution is 0.0925. The van der Waals surface area contributed by atoms with Crippen molar-refractivity contribution in [3.63, 3.8) is 0 Å². The molecule has 7 nitrogen and oxygen atoms in total. The van der Waals surface area contributed by atoms with Crippen LogP contribution in [-0.2, 0) is 0 Å². The van der Waals surface area contributed by atoms with Crippen LogP contribution >= 0.6 is 0 Å². The smallest absolute Gasteiger partial charge is 0.274 e. The highest BCUT2D eigenvalue weighted by Crippen LogP contribution is 2.14. The minimum absolute atomic E-state index is 0.135. The van der Waals surface area contributed by atoms with E-state index < -0.39 is 0 Å². The number of aromatic amines is 1. The normalized spacial score (nSPS) is 15.0. The van der Waals surface area contributed by atoms with E-state index in [0.29, 0.717) is 11.3 Å². The molecule has 0 atom stereocenters. The van der Waals surface area contributed by atoms with Crippen molar-refractivity contribution in [1.82, 2.24) is 20.8 Å². The number of amides is 2. The minimum Gasteiger partial charge on any atom is -0.348 e. The minimum atomic E-state index is -0.275. The fourth-order valence-corrected chi connectivity index (χ4v) is 2.80. The van der Waals surface area contributed by atoms with Crippen LogP contribution in [0.1, 0.15) is 33.7 Å². The number of benzene rings is 1. The van der Waals surface area contributed by atoms with Gasteiger partial charge in [-0.1, -0.05) is 29.7 Å². The van der Waals surface area contributed by atoms with Gasteiger partial charge < -0.3 is 16.0 Å². The quantitative estimate of drug-likeness (QED) is 0.564. The molecule has 4 N–H and O–H groups in total. The third-order valence-corrected chi connectivity index (χ3v) is 4.17. The second-order valence-corrected chi connectivity index (χ2v) is 5.91. The Morgan fingerprint density at radius 2 is 1.92 bits per heavy atom. The summed E-state index contributed by atoms with van der Waals surface area (Å²) >= 11 is 0. The summed E-state index contributed by atoms with van der Waals surface area (Å²) in [6.07, 6.45) is 3.30. The van der Waals surface area contributed by atoms with E-state index >= 15 is 0 Å². The molecule has 8 heteroatoms. The lowest BCUT2D eigenvalue weighted by Gasteiger charge is -2.23. The van der Waals surface area contributed by atoms with Crippen molar-refractivity contribution >= 4 is 30.8 Å². The van der Waals surface area contributed by atoms with Gasteiger partial charge in [-0.05, 0) is 25.9 Å². The summed E-state index contributed by atoms with van der Waals surface area (Å²) < 4.78 is 0. The van der Waals surface area contributed by atoms with Crippen LogP contribution in [0.3, 0.4) is 0 Å². The highest BCUT2D eigenvalue weighted by Gasteiger charge is 2.21. The van der Waals surface area contributed by atoms with Crippen LogP contribution in [0.4, 0.5) is 5.69 Å². The monoisotopic (exact) mass is 325 g/mol. The van der Waals surface area contributed by atoms with E-state index in [1.807, 2.05) is 26.0 Å². The Bertz CT molecular complexity index is 740. The van der Waals surface area contributed by atoms with Gasteiger partial charge in [-0.2, -0.15) is 5.10 Å². The van der Waals surface area contributed by atoms with Crippen molar-refractivity contribution in [3.8, 4) is 0 Å². The first-order valence-electron chi connectivity index (χ1n) is 8.07. The van der Waals surface area contributed by atoms with Gasteiger partial charge in [0.05, 0.1) is 5.69 Å². The second kappa shape index (κ2) is 7.31. The van der Waals surface area contributed by atoms with E-state index in [1.54, 1.807) is 6.07 Å². The first kappa shape index (κ1) is 16.3. The molecule has 0 spiro atoms. The van der Waals surface area contributed by atoms with Gasteiger partial charge in [0.25, 0.3) is 11.8 Å². The van der Waals surface area contributed by atoms with Crippen molar-refractivity contribution < 1.29 is 9.59 Å². The Hall–Kier alpha value is -2.61. The lowest BCUT2D eigenvalue weighted by atomic mass is 9.90. The summed E-state index contributed by atoms with van der Waals surface area (Å²) in [6, 6.07) is 7.44. The maximum Gasteiger partial charge on any atom is 0.274 e. The number of carbonyl (C=O) groups is 2. The largest absolute Gasteiger partial charge is 0.348 e. The van der Waals surface area contributed by atoms with Crippen molar-refractivity contribution in [2.75, 3.05) is 18.4 Å². The van der Waals surface area contributed by atoms with Gasteiger partial charge >= 0.3 is 0 Å². The number of aromatic nitrogens is 2. The number of anilines is 1. The van der Waals surface area contributed by atoms with Crippen LogP contribution < -0.4 is 21.4 Å². The molecule has 1 fully saturated rings. The molecule has 1 aromatic carbocycles. The molecule has 1 aromatic heterocycles. The zero-order chi connectivity index (χ0) is 16.9. The Kier molecular flexibility index (Phi) is 4.95. The number of nitrogens with zero attached hydrogens (tertiary/aromatic N) is 1. The molecule has 0 aliphatic carbocycles. The topological polar surface area (TPSA) is 98.9 Å². The molecule has 1 aliphatic heterocycles. The van der Waals surface area contributed by atoms with Crippen LogP contribution in [0.15, 0.2) is 30.5 Å². The average Bonchev–Trinajstić information content (AvgIpc) is 3.04. The molecule has 1 saturated heterocycles. The number of rotatable bonds is 4.